The van der Waals surface area contributed by atoms with Gasteiger partial charge in [0.15, 0.2) is 0 Å². The van der Waals surface area contributed by atoms with Gasteiger partial charge in [-0.15, -0.1) is 0 Å². The molecule has 1 aromatic carbocycles. The Hall–Kier alpha value is -1.28. The highest BCUT2D eigenvalue weighted by molar-refractivity contribution is 5.42. The number of likely N-dealkylation sites (N-methyl/N-ethyl adjacent to an activating group) is 1. The van der Waals surface area contributed by atoms with Crippen LogP contribution in [0, 0.1) is 0 Å². The molecule has 3 rings (SSSR count). The van der Waals surface area contributed by atoms with Gasteiger partial charge in [0.25, 0.3) is 0 Å². The molecule has 0 saturated carbocycles. The van der Waals surface area contributed by atoms with Gasteiger partial charge >= 0.3 is 0 Å². The van der Waals surface area contributed by atoms with Crippen molar-refractivity contribution >= 4 is 0 Å². The molecular formula is C15H19NO. The fourth-order valence-corrected chi connectivity index (χ4v) is 3.09. The van der Waals surface area contributed by atoms with E-state index in [1.165, 1.54) is 24.8 Å². The maximum absolute atomic E-state index is 5.79. The van der Waals surface area contributed by atoms with Crippen LogP contribution in [0.25, 0.3) is 0 Å². The Labute approximate surface area is 103 Å². The van der Waals surface area contributed by atoms with Gasteiger partial charge in [-0.25, -0.2) is 0 Å². The molecule has 1 aliphatic heterocycles. The Bertz CT molecular complexity index is 438. The predicted octanol–water partition coefficient (Wildman–Crippen LogP) is 2.86. The molecule has 0 aromatic heterocycles. The second-order valence-corrected chi connectivity index (χ2v) is 4.89. The third-order valence-electron chi connectivity index (χ3n) is 3.93. The summed E-state index contributed by atoms with van der Waals surface area (Å²) in [5, 5.41) is 3.48. The van der Waals surface area contributed by atoms with Crippen molar-refractivity contribution in [3.63, 3.8) is 0 Å². The van der Waals surface area contributed by atoms with Gasteiger partial charge in [-0.3, -0.25) is 0 Å². The van der Waals surface area contributed by atoms with E-state index in [9.17, 15) is 0 Å². The van der Waals surface area contributed by atoms with E-state index in [1.54, 1.807) is 5.57 Å². The van der Waals surface area contributed by atoms with Crippen LogP contribution in [-0.4, -0.2) is 19.7 Å². The first-order valence-corrected chi connectivity index (χ1v) is 6.48. The summed E-state index contributed by atoms with van der Waals surface area (Å²) in [5.41, 5.74) is 2.93. The minimum absolute atomic E-state index is 0.446. The lowest BCUT2D eigenvalue weighted by Gasteiger charge is -2.23. The number of para-hydroxylation sites is 1. The zero-order chi connectivity index (χ0) is 11.7. The van der Waals surface area contributed by atoms with Crippen molar-refractivity contribution in [2.45, 2.75) is 31.2 Å². The molecule has 17 heavy (non-hydrogen) atoms. The number of benzene rings is 1. The first-order chi connectivity index (χ1) is 8.40. The highest BCUT2D eigenvalue weighted by Gasteiger charge is 2.32. The van der Waals surface area contributed by atoms with Crippen LogP contribution < -0.4 is 10.1 Å². The van der Waals surface area contributed by atoms with E-state index in [4.69, 9.17) is 4.74 Å². The van der Waals surface area contributed by atoms with E-state index in [2.05, 4.69) is 36.6 Å². The second kappa shape index (κ2) is 4.53. The van der Waals surface area contributed by atoms with Gasteiger partial charge in [0.1, 0.15) is 5.75 Å². The molecule has 90 valence electrons. The number of ether oxygens (including phenoxy) is 1. The van der Waals surface area contributed by atoms with Gasteiger partial charge in [-0.1, -0.05) is 29.8 Å². The normalized spacial score (nSPS) is 24.1. The van der Waals surface area contributed by atoms with Crippen molar-refractivity contribution in [1.82, 2.24) is 5.32 Å². The SMILES string of the molecule is CNC(C1=CCCC1)C1COc2ccccc21. The number of allylic oxidation sites excluding steroid dienone is 1. The number of hydrogen-bond acceptors (Lipinski definition) is 2. The molecule has 2 heteroatoms. The average Bonchev–Trinajstić information content (AvgIpc) is 3.01. The average molecular weight is 229 g/mol. The topological polar surface area (TPSA) is 21.3 Å². The zero-order valence-electron chi connectivity index (χ0n) is 10.3. The van der Waals surface area contributed by atoms with E-state index in [0.717, 1.165) is 12.4 Å². The van der Waals surface area contributed by atoms with Crippen molar-refractivity contribution in [1.29, 1.82) is 0 Å². The summed E-state index contributed by atoms with van der Waals surface area (Å²) in [7, 11) is 2.06. The van der Waals surface area contributed by atoms with Crippen LogP contribution in [0.4, 0.5) is 0 Å². The first kappa shape index (κ1) is 10.8. The van der Waals surface area contributed by atoms with Crippen LogP contribution in [0.15, 0.2) is 35.9 Å². The van der Waals surface area contributed by atoms with Crippen LogP contribution in [-0.2, 0) is 0 Å². The summed E-state index contributed by atoms with van der Waals surface area (Å²) in [6, 6.07) is 8.87. The smallest absolute Gasteiger partial charge is 0.122 e. The Morgan fingerprint density at radius 3 is 3.00 bits per heavy atom. The van der Waals surface area contributed by atoms with E-state index >= 15 is 0 Å². The Kier molecular flexibility index (Phi) is 2.89. The minimum atomic E-state index is 0.446. The Morgan fingerprint density at radius 2 is 2.24 bits per heavy atom. The predicted molar refractivity (Wildman–Crippen MR) is 69.5 cm³/mol. The quantitative estimate of drug-likeness (QED) is 0.805. The largest absolute Gasteiger partial charge is 0.493 e. The molecule has 0 saturated heterocycles. The van der Waals surface area contributed by atoms with Crippen LogP contribution in [0.3, 0.4) is 0 Å². The van der Waals surface area contributed by atoms with E-state index < -0.39 is 0 Å². The third kappa shape index (κ3) is 1.87. The van der Waals surface area contributed by atoms with E-state index in [0.29, 0.717) is 12.0 Å². The van der Waals surface area contributed by atoms with Gasteiger partial charge in [-0.05, 0) is 32.4 Å². The Morgan fingerprint density at radius 1 is 1.35 bits per heavy atom. The maximum atomic E-state index is 5.79. The number of fused-ring (bicyclic) bond motifs is 1. The van der Waals surface area contributed by atoms with Gasteiger partial charge in [0, 0.05) is 17.5 Å². The second-order valence-electron chi connectivity index (χ2n) is 4.89. The fourth-order valence-electron chi connectivity index (χ4n) is 3.09. The summed E-state index contributed by atoms with van der Waals surface area (Å²) in [6.07, 6.45) is 6.19. The minimum Gasteiger partial charge on any atom is -0.493 e. The molecule has 2 unspecified atom stereocenters. The van der Waals surface area contributed by atoms with Gasteiger partial charge in [0.05, 0.1) is 6.61 Å². The van der Waals surface area contributed by atoms with Crippen molar-refractivity contribution in [3.8, 4) is 5.75 Å². The summed E-state index contributed by atoms with van der Waals surface area (Å²) in [4.78, 5) is 0. The lowest BCUT2D eigenvalue weighted by atomic mass is 9.88. The lowest BCUT2D eigenvalue weighted by Crippen LogP contribution is -2.34. The first-order valence-electron chi connectivity index (χ1n) is 6.48. The summed E-state index contributed by atoms with van der Waals surface area (Å²) >= 11 is 0. The van der Waals surface area contributed by atoms with E-state index in [-0.39, 0.29) is 0 Å². The standard InChI is InChI=1S/C15H19NO/c1-16-15(11-6-2-3-7-11)13-10-17-14-9-5-4-8-12(13)14/h4-6,8-9,13,15-16H,2-3,7,10H2,1H3. The molecule has 0 fully saturated rings. The molecule has 2 atom stereocenters. The molecular weight excluding hydrogens is 210 g/mol. The van der Waals surface area contributed by atoms with Crippen LogP contribution in [0.5, 0.6) is 5.75 Å². The van der Waals surface area contributed by atoms with Crippen LogP contribution in [0.1, 0.15) is 30.7 Å². The summed E-state index contributed by atoms with van der Waals surface area (Å²) in [5.74, 6) is 1.54. The summed E-state index contributed by atoms with van der Waals surface area (Å²) < 4.78 is 5.79. The molecule has 0 radical (unpaired) electrons. The number of nitrogens with one attached hydrogen (secondary N) is 1. The zero-order valence-corrected chi connectivity index (χ0v) is 10.3. The van der Waals surface area contributed by atoms with Gasteiger partial charge in [-0.2, -0.15) is 0 Å². The lowest BCUT2D eigenvalue weighted by molar-refractivity contribution is 0.311. The molecule has 0 spiro atoms. The van der Waals surface area contributed by atoms with Gasteiger partial charge < -0.3 is 10.1 Å². The van der Waals surface area contributed by atoms with Crippen molar-refractivity contribution in [3.05, 3.63) is 41.5 Å². The van der Waals surface area contributed by atoms with Crippen LogP contribution >= 0.6 is 0 Å². The molecule has 2 nitrogen and oxygen atoms in total. The van der Waals surface area contributed by atoms with Crippen molar-refractivity contribution in [2.24, 2.45) is 0 Å². The highest BCUT2D eigenvalue weighted by Crippen LogP contribution is 2.39. The molecule has 0 bridgehead atoms. The molecule has 1 aromatic rings. The molecule has 1 N–H and O–H groups in total. The molecule has 1 aliphatic carbocycles. The molecule has 1 heterocycles. The van der Waals surface area contributed by atoms with Crippen molar-refractivity contribution in [2.75, 3.05) is 13.7 Å². The maximum Gasteiger partial charge on any atom is 0.122 e. The number of hydrogen-bond donors (Lipinski definition) is 1. The van der Waals surface area contributed by atoms with Gasteiger partial charge in [0.2, 0.25) is 0 Å². The fraction of sp³-hybridized carbons (Fsp3) is 0.467. The monoisotopic (exact) mass is 229 g/mol. The third-order valence-corrected chi connectivity index (χ3v) is 3.93. The summed E-state index contributed by atoms with van der Waals surface area (Å²) in [6.45, 7) is 0.808. The molecule has 0 amide bonds. The number of rotatable bonds is 3. The molecule has 2 aliphatic rings. The van der Waals surface area contributed by atoms with Crippen LogP contribution in [0.2, 0.25) is 0 Å². The van der Waals surface area contributed by atoms with Crippen molar-refractivity contribution < 1.29 is 4.74 Å². The Balaban J connectivity index is 1.89. The highest BCUT2D eigenvalue weighted by atomic mass is 16.5. The van der Waals surface area contributed by atoms with E-state index in [1.807, 2.05) is 6.07 Å².